The Morgan fingerprint density at radius 1 is 0.723 bits per heavy atom. The molecule has 4 unspecified atom stereocenters. The minimum Gasteiger partial charge on any atom is -0.480 e. The number of primary amides is 1. The van der Waals surface area contributed by atoms with Gasteiger partial charge in [0.05, 0.1) is 13.0 Å². The average Bonchev–Trinajstić information content (AvgIpc) is 3.46. The summed E-state index contributed by atoms with van der Waals surface area (Å²) in [6, 6.07) is 11.0. The van der Waals surface area contributed by atoms with Crippen LogP contribution in [-0.4, -0.2) is 82.9 Å². The fourth-order valence-corrected chi connectivity index (χ4v) is 5.02. The average molecular weight is 651 g/mol. The number of carbonyl (C=O) groups excluding carboxylic acids is 5. The molecule has 4 atom stereocenters. The molecule has 15 nitrogen and oxygen atoms in total. The molecule has 0 aliphatic carbocycles. The summed E-state index contributed by atoms with van der Waals surface area (Å²) in [7, 11) is 0. The number of hydrogen-bond donors (Lipinski definition) is 9. The predicted molar refractivity (Wildman–Crippen MR) is 173 cm³/mol. The maximum atomic E-state index is 13.8. The molecule has 0 saturated carbocycles. The first kappa shape index (κ1) is 36.2. The normalized spacial score (nSPS) is 13.5. The molecular weight excluding hydrogens is 608 g/mol. The highest BCUT2D eigenvalue weighted by molar-refractivity contribution is 5.97. The van der Waals surface area contributed by atoms with E-state index in [4.69, 9.17) is 17.2 Å². The Balaban J connectivity index is 1.89. The summed E-state index contributed by atoms with van der Waals surface area (Å²) in [5.41, 5.74) is 18.5. The number of carboxylic acids is 1. The molecule has 0 aliphatic heterocycles. The number of benzene rings is 2. The Hall–Kier alpha value is -5.28. The van der Waals surface area contributed by atoms with Crippen molar-refractivity contribution in [2.45, 2.75) is 62.7 Å². The molecule has 252 valence electrons. The van der Waals surface area contributed by atoms with Gasteiger partial charge in [-0.15, -0.1) is 0 Å². The van der Waals surface area contributed by atoms with Crippen LogP contribution < -0.4 is 38.5 Å². The number of carbonyl (C=O) groups is 6. The Kier molecular flexibility index (Phi) is 13.9. The van der Waals surface area contributed by atoms with Crippen molar-refractivity contribution in [3.8, 4) is 0 Å². The van der Waals surface area contributed by atoms with Crippen molar-refractivity contribution in [2.24, 2.45) is 17.2 Å². The number of hydrogen-bond acceptors (Lipinski definition) is 8. The van der Waals surface area contributed by atoms with E-state index in [1.165, 1.54) is 0 Å². The summed E-state index contributed by atoms with van der Waals surface area (Å²) >= 11 is 0. The van der Waals surface area contributed by atoms with Crippen molar-refractivity contribution in [1.82, 2.24) is 26.3 Å². The molecule has 47 heavy (non-hydrogen) atoms. The lowest BCUT2D eigenvalue weighted by Gasteiger charge is -2.26. The zero-order chi connectivity index (χ0) is 34.3. The molecule has 0 aliphatic rings. The third-order valence-electron chi connectivity index (χ3n) is 7.45. The van der Waals surface area contributed by atoms with Crippen molar-refractivity contribution in [2.75, 3.05) is 13.1 Å². The predicted octanol–water partition coefficient (Wildman–Crippen LogP) is -1.06. The molecule has 0 fully saturated rings. The van der Waals surface area contributed by atoms with Gasteiger partial charge in [-0.3, -0.25) is 24.0 Å². The summed E-state index contributed by atoms with van der Waals surface area (Å²) in [5, 5.41) is 20.5. The van der Waals surface area contributed by atoms with Crippen LogP contribution >= 0.6 is 0 Å². The van der Waals surface area contributed by atoms with Gasteiger partial charge in [0.1, 0.15) is 24.2 Å². The third-order valence-corrected chi connectivity index (χ3v) is 7.45. The lowest BCUT2D eigenvalue weighted by Crippen LogP contribution is -2.59. The zero-order valence-electron chi connectivity index (χ0n) is 25.9. The Morgan fingerprint density at radius 3 is 1.96 bits per heavy atom. The van der Waals surface area contributed by atoms with E-state index in [2.05, 4.69) is 26.3 Å². The quantitative estimate of drug-likeness (QED) is 0.0715. The summed E-state index contributed by atoms with van der Waals surface area (Å²) < 4.78 is 0. The number of rotatable bonds is 19. The van der Waals surface area contributed by atoms with Crippen LogP contribution in [0.2, 0.25) is 0 Å². The Morgan fingerprint density at radius 2 is 1.32 bits per heavy atom. The molecule has 12 N–H and O–H groups in total. The van der Waals surface area contributed by atoms with Gasteiger partial charge >= 0.3 is 5.97 Å². The van der Waals surface area contributed by atoms with E-state index in [-0.39, 0.29) is 25.8 Å². The van der Waals surface area contributed by atoms with Gasteiger partial charge in [-0.1, -0.05) is 48.5 Å². The number of unbranched alkanes of at least 4 members (excludes halogenated alkanes) is 1. The lowest BCUT2D eigenvalue weighted by molar-refractivity contribution is -0.142. The van der Waals surface area contributed by atoms with Crippen LogP contribution in [0.3, 0.4) is 0 Å². The molecule has 1 heterocycles. The van der Waals surface area contributed by atoms with Gasteiger partial charge in [-0.25, -0.2) is 4.79 Å². The highest BCUT2D eigenvalue weighted by atomic mass is 16.4. The molecule has 3 rings (SSSR count). The summed E-state index contributed by atoms with van der Waals surface area (Å²) in [6.45, 7) is -0.0302. The molecule has 15 heteroatoms. The number of amides is 5. The fourth-order valence-electron chi connectivity index (χ4n) is 5.02. The van der Waals surface area contributed by atoms with Gasteiger partial charge < -0.3 is 48.6 Å². The van der Waals surface area contributed by atoms with E-state index in [0.717, 1.165) is 16.5 Å². The van der Waals surface area contributed by atoms with Crippen molar-refractivity contribution in [3.05, 3.63) is 71.9 Å². The molecular formula is C32H42N8O7. The standard InChI is InChI=1S/C32H42N8O7/c33-13-7-6-12-23(32(46)47)38-31(45)26(16-27(35)41)40-30(44)25(15-20-18-36-22-11-5-4-10-21(20)22)39-29(43)24(37-28(42)17-34)14-19-8-2-1-3-9-19/h1-5,8-11,18,23-26,36H,6-7,12-17,33-34H2,(H2,35,41)(H,37,42)(H,38,45)(H,39,43)(H,40,44)(H,46,47). The highest BCUT2D eigenvalue weighted by Crippen LogP contribution is 2.19. The Bertz CT molecular complexity index is 1540. The number of fused-ring (bicyclic) bond motifs is 1. The summed E-state index contributed by atoms with van der Waals surface area (Å²) in [4.78, 5) is 79.7. The van der Waals surface area contributed by atoms with Crippen LogP contribution in [0, 0.1) is 0 Å². The van der Waals surface area contributed by atoms with Gasteiger partial charge in [0.25, 0.3) is 0 Å². The van der Waals surface area contributed by atoms with Crippen LogP contribution in [0.15, 0.2) is 60.8 Å². The summed E-state index contributed by atoms with van der Waals surface area (Å²) in [6.07, 6.45) is 2.12. The number of nitrogens with one attached hydrogen (secondary N) is 5. The van der Waals surface area contributed by atoms with Crippen molar-refractivity contribution >= 4 is 46.4 Å². The van der Waals surface area contributed by atoms with Gasteiger partial charge in [0.15, 0.2) is 0 Å². The van der Waals surface area contributed by atoms with Gasteiger partial charge in [-0.2, -0.15) is 0 Å². The molecule has 1 aromatic heterocycles. The largest absolute Gasteiger partial charge is 0.480 e. The van der Waals surface area contributed by atoms with E-state index < -0.39 is 66.1 Å². The second-order valence-corrected chi connectivity index (χ2v) is 11.1. The van der Waals surface area contributed by atoms with E-state index in [1.807, 2.05) is 24.3 Å². The van der Waals surface area contributed by atoms with Gasteiger partial charge in [-0.05, 0) is 43.0 Å². The maximum Gasteiger partial charge on any atom is 0.326 e. The van der Waals surface area contributed by atoms with Crippen molar-refractivity contribution in [1.29, 1.82) is 0 Å². The smallest absolute Gasteiger partial charge is 0.326 e. The van der Waals surface area contributed by atoms with Gasteiger partial charge in [0, 0.05) is 29.9 Å². The molecule has 0 saturated heterocycles. The molecule has 5 amide bonds. The molecule has 2 aromatic carbocycles. The number of carboxylic acid groups (broad SMARTS) is 1. The fraction of sp³-hybridized carbons (Fsp3) is 0.375. The monoisotopic (exact) mass is 650 g/mol. The number of aliphatic carboxylic acids is 1. The molecule has 0 radical (unpaired) electrons. The zero-order valence-corrected chi connectivity index (χ0v) is 25.9. The van der Waals surface area contributed by atoms with Crippen LogP contribution in [0.1, 0.15) is 36.8 Å². The second kappa shape index (κ2) is 18.0. The van der Waals surface area contributed by atoms with Crippen LogP contribution in [-0.2, 0) is 41.6 Å². The summed E-state index contributed by atoms with van der Waals surface area (Å²) in [5.74, 6) is -5.29. The minimum absolute atomic E-state index is 0.0494. The van der Waals surface area contributed by atoms with E-state index >= 15 is 0 Å². The lowest BCUT2D eigenvalue weighted by atomic mass is 10.0. The highest BCUT2D eigenvalue weighted by Gasteiger charge is 2.32. The first-order valence-electron chi connectivity index (χ1n) is 15.2. The number of para-hydroxylation sites is 1. The van der Waals surface area contributed by atoms with Crippen molar-refractivity contribution in [3.63, 3.8) is 0 Å². The van der Waals surface area contributed by atoms with E-state index in [9.17, 15) is 33.9 Å². The Labute approximate surface area is 271 Å². The number of aromatic amines is 1. The number of H-pyrrole nitrogens is 1. The number of aromatic nitrogens is 1. The van der Waals surface area contributed by atoms with Crippen LogP contribution in [0.4, 0.5) is 0 Å². The molecule has 0 bridgehead atoms. The van der Waals surface area contributed by atoms with Crippen LogP contribution in [0.25, 0.3) is 10.9 Å². The van der Waals surface area contributed by atoms with Crippen LogP contribution in [0.5, 0.6) is 0 Å². The second-order valence-electron chi connectivity index (χ2n) is 11.1. The van der Waals surface area contributed by atoms with E-state index in [0.29, 0.717) is 24.9 Å². The first-order chi connectivity index (χ1) is 22.5. The maximum absolute atomic E-state index is 13.8. The topological polar surface area (TPSA) is 265 Å². The molecule has 0 spiro atoms. The SMILES string of the molecule is NCCCCC(NC(=O)C(CC(N)=O)NC(=O)C(Cc1c[nH]c2ccccc12)NC(=O)C(Cc1ccccc1)NC(=O)CN)C(=O)O. The molecule has 3 aromatic rings. The number of nitrogens with two attached hydrogens (primary N) is 3. The van der Waals surface area contributed by atoms with E-state index in [1.54, 1.807) is 36.5 Å². The van der Waals surface area contributed by atoms with Crippen molar-refractivity contribution < 1.29 is 33.9 Å². The minimum atomic E-state index is -1.55. The first-order valence-corrected chi connectivity index (χ1v) is 15.2. The third kappa shape index (κ3) is 11.2. The van der Waals surface area contributed by atoms with Gasteiger partial charge in [0.2, 0.25) is 29.5 Å².